The molecule has 0 aromatic carbocycles. The number of amides is 1. The second-order valence-electron chi connectivity index (χ2n) is 4.18. The van der Waals surface area contributed by atoms with E-state index in [1.165, 1.54) is 0 Å². The minimum absolute atomic E-state index is 0.0693. The normalized spacial score (nSPS) is 15.1. The summed E-state index contributed by atoms with van der Waals surface area (Å²) in [6, 6.07) is 3.57. The second-order valence-corrected chi connectivity index (χ2v) is 4.18. The number of carbonyl (C=O) groups excluding carboxylic acids is 1. The Hall–Kier alpha value is -1.98. The van der Waals surface area contributed by atoms with E-state index >= 15 is 0 Å². The number of nitrogens with one attached hydrogen (secondary N) is 1. The molecule has 4 N–H and O–H groups in total. The summed E-state index contributed by atoms with van der Waals surface area (Å²) in [7, 11) is 0. The lowest BCUT2D eigenvalue weighted by Crippen LogP contribution is -2.43. The van der Waals surface area contributed by atoms with Crippen LogP contribution in [0.3, 0.4) is 0 Å². The summed E-state index contributed by atoms with van der Waals surface area (Å²) in [5.41, 5.74) is 5.46. The molecule has 0 aliphatic carbocycles. The van der Waals surface area contributed by atoms with Crippen LogP contribution in [0.5, 0.6) is 0 Å². The van der Waals surface area contributed by atoms with Gasteiger partial charge in [-0.3, -0.25) is 4.79 Å². The topological polar surface area (TPSA) is 101 Å². The average molecular weight is 253 g/mol. The van der Waals surface area contributed by atoms with Gasteiger partial charge >= 0.3 is 0 Å². The number of furan rings is 1. The van der Waals surface area contributed by atoms with Crippen LogP contribution >= 0.6 is 0 Å². The number of nitrogens with zero attached hydrogens (tertiary/aromatic N) is 1. The Kier molecular flexibility index (Phi) is 5.23. The molecule has 0 fully saturated rings. The third-order valence-corrected chi connectivity index (χ3v) is 2.67. The van der Waals surface area contributed by atoms with E-state index in [-0.39, 0.29) is 17.8 Å². The third kappa shape index (κ3) is 3.80. The lowest BCUT2D eigenvalue weighted by Gasteiger charge is -2.17. The average Bonchev–Trinajstić information content (AvgIpc) is 2.82. The van der Waals surface area contributed by atoms with Gasteiger partial charge in [0.05, 0.1) is 12.2 Å². The number of hydrogen-bond acceptors (Lipinski definition) is 4. The molecule has 0 bridgehead atoms. The Morgan fingerprint density at radius 3 is 2.89 bits per heavy atom. The molecule has 100 valence electrons. The first kappa shape index (κ1) is 14.1. The lowest BCUT2D eigenvalue weighted by atomic mass is 10.0. The molecule has 1 heterocycles. The minimum Gasteiger partial charge on any atom is -0.469 e. The van der Waals surface area contributed by atoms with Gasteiger partial charge in [0.25, 0.3) is 0 Å². The Morgan fingerprint density at radius 1 is 1.67 bits per heavy atom. The maximum atomic E-state index is 11.9. The molecule has 0 aliphatic rings. The fourth-order valence-electron chi connectivity index (χ4n) is 1.72. The molecular formula is C12H19N3O3. The zero-order chi connectivity index (χ0) is 13.5. The van der Waals surface area contributed by atoms with Crippen molar-refractivity contribution >= 4 is 11.7 Å². The van der Waals surface area contributed by atoms with E-state index in [1.807, 2.05) is 13.0 Å². The van der Waals surface area contributed by atoms with E-state index < -0.39 is 5.92 Å². The minimum atomic E-state index is -0.603. The molecule has 0 saturated heterocycles. The van der Waals surface area contributed by atoms with Gasteiger partial charge in [-0.2, -0.15) is 0 Å². The first-order valence-corrected chi connectivity index (χ1v) is 5.88. The molecule has 1 rings (SSSR count). The van der Waals surface area contributed by atoms with E-state index in [0.717, 1.165) is 5.76 Å². The maximum absolute atomic E-state index is 11.9. The van der Waals surface area contributed by atoms with Crippen molar-refractivity contribution in [2.75, 3.05) is 0 Å². The first-order valence-electron chi connectivity index (χ1n) is 5.88. The van der Waals surface area contributed by atoms with Crippen molar-refractivity contribution < 1.29 is 14.4 Å². The van der Waals surface area contributed by atoms with E-state index in [0.29, 0.717) is 12.8 Å². The Bertz CT molecular complexity index is 401. The fourth-order valence-corrected chi connectivity index (χ4v) is 1.72. The molecule has 6 nitrogen and oxygen atoms in total. The Labute approximate surface area is 106 Å². The summed E-state index contributed by atoms with van der Waals surface area (Å²) in [6.07, 6.45) is 2.68. The summed E-state index contributed by atoms with van der Waals surface area (Å²) < 4.78 is 5.20. The van der Waals surface area contributed by atoms with Crippen molar-refractivity contribution in [3.63, 3.8) is 0 Å². The first-order chi connectivity index (χ1) is 8.58. The van der Waals surface area contributed by atoms with Crippen molar-refractivity contribution in [2.45, 2.75) is 32.7 Å². The number of oxime groups is 1. The highest BCUT2D eigenvalue weighted by Crippen LogP contribution is 2.07. The van der Waals surface area contributed by atoms with E-state index in [1.54, 1.807) is 19.3 Å². The number of rotatable bonds is 6. The van der Waals surface area contributed by atoms with E-state index in [4.69, 9.17) is 15.4 Å². The number of carbonyl (C=O) groups is 1. The van der Waals surface area contributed by atoms with Crippen molar-refractivity contribution in [2.24, 2.45) is 16.8 Å². The van der Waals surface area contributed by atoms with Crippen molar-refractivity contribution in [1.29, 1.82) is 0 Å². The van der Waals surface area contributed by atoms with Crippen LogP contribution in [-0.4, -0.2) is 23.0 Å². The number of amidine groups is 1. The number of nitrogens with two attached hydrogens (primary N) is 1. The van der Waals surface area contributed by atoms with Gasteiger partial charge in [0.1, 0.15) is 5.76 Å². The van der Waals surface area contributed by atoms with E-state index in [9.17, 15) is 4.79 Å². The molecule has 18 heavy (non-hydrogen) atoms. The predicted octanol–water partition coefficient (Wildman–Crippen LogP) is 1.10. The van der Waals surface area contributed by atoms with Gasteiger partial charge in [0, 0.05) is 12.5 Å². The molecule has 2 unspecified atom stereocenters. The molecule has 1 amide bonds. The van der Waals surface area contributed by atoms with Crippen LogP contribution in [0.2, 0.25) is 0 Å². The summed E-state index contributed by atoms with van der Waals surface area (Å²) in [4.78, 5) is 11.9. The van der Waals surface area contributed by atoms with Gasteiger partial charge in [0.2, 0.25) is 5.91 Å². The standard InChI is InChI=1S/C12H19N3O3/c1-3-10(11(13)15-17)12(16)14-8(2)7-9-5-4-6-18-9/h4-6,8,10,17H,3,7H2,1-2H3,(H2,13,15)(H,14,16). The van der Waals surface area contributed by atoms with Crippen molar-refractivity contribution in [3.05, 3.63) is 24.2 Å². The Balaban J connectivity index is 2.52. The molecule has 0 aliphatic heterocycles. The largest absolute Gasteiger partial charge is 0.469 e. The molecule has 0 radical (unpaired) electrons. The third-order valence-electron chi connectivity index (χ3n) is 2.67. The van der Waals surface area contributed by atoms with Gasteiger partial charge in [-0.25, -0.2) is 0 Å². The highest BCUT2D eigenvalue weighted by molar-refractivity contribution is 6.02. The van der Waals surface area contributed by atoms with Gasteiger partial charge in [-0.05, 0) is 25.5 Å². The van der Waals surface area contributed by atoms with Gasteiger partial charge in [0.15, 0.2) is 5.84 Å². The Morgan fingerprint density at radius 2 is 2.39 bits per heavy atom. The van der Waals surface area contributed by atoms with Crippen LogP contribution in [-0.2, 0) is 11.2 Å². The number of hydrogen-bond donors (Lipinski definition) is 3. The summed E-state index contributed by atoms with van der Waals surface area (Å²) in [5, 5.41) is 14.3. The van der Waals surface area contributed by atoms with E-state index in [2.05, 4.69) is 10.5 Å². The maximum Gasteiger partial charge on any atom is 0.231 e. The summed E-state index contributed by atoms with van der Waals surface area (Å²) in [5.74, 6) is -0.110. The highest BCUT2D eigenvalue weighted by atomic mass is 16.4. The molecule has 0 spiro atoms. The summed E-state index contributed by atoms with van der Waals surface area (Å²) in [6.45, 7) is 3.68. The van der Waals surface area contributed by atoms with Crippen LogP contribution in [0.4, 0.5) is 0 Å². The smallest absolute Gasteiger partial charge is 0.231 e. The van der Waals surface area contributed by atoms with Crippen LogP contribution in [0.1, 0.15) is 26.0 Å². The molecular weight excluding hydrogens is 234 g/mol. The second kappa shape index (κ2) is 6.68. The quantitative estimate of drug-likeness (QED) is 0.306. The van der Waals surface area contributed by atoms with Crippen LogP contribution in [0.25, 0.3) is 0 Å². The van der Waals surface area contributed by atoms with Crippen LogP contribution < -0.4 is 11.1 Å². The van der Waals surface area contributed by atoms with Gasteiger partial charge in [-0.1, -0.05) is 12.1 Å². The van der Waals surface area contributed by atoms with Crippen molar-refractivity contribution in [1.82, 2.24) is 5.32 Å². The molecule has 1 aromatic heterocycles. The molecule has 1 aromatic rings. The zero-order valence-electron chi connectivity index (χ0n) is 10.6. The SMILES string of the molecule is CCC(C(=O)NC(C)Cc1ccco1)C(N)=NO. The predicted molar refractivity (Wildman–Crippen MR) is 67.2 cm³/mol. The zero-order valence-corrected chi connectivity index (χ0v) is 10.6. The van der Waals surface area contributed by atoms with Crippen molar-refractivity contribution in [3.8, 4) is 0 Å². The monoisotopic (exact) mass is 253 g/mol. The van der Waals surface area contributed by atoms with Gasteiger partial charge < -0.3 is 20.7 Å². The molecule has 2 atom stereocenters. The lowest BCUT2D eigenvalue weighted by molar-refractivity contribution is -0.123. The summed E-state index contributed by atoms with van der Waals surface area (Å²) >= 11 is 0. The van der Waals surface area contributed by atoms with Gasteiger partial charge in [-0.15, -0.1) is 0 Å². The highest BCUT2D eigenvalue weighted by Gasteiger charge is 2.22. The molecule has 0 saturated carbocycles. The molecule has 6 heteroatoms. The fraction of sp³-hybridized carbons (Fsp3) is 0.500. The van der Waals surface area contributed by atoms with Crippen LogP contribution in [0, 0.1) is 5.92 Å². The van der Waals surface area contributed by atoms with Crippen LogP contribution in [0.15, 0.2) is 28.0 Å².